The van der Waals surface area contributed by atoms with E-state index in [1.165, 1.54) is 6.26 Å². The van der Waals surface area contributed by atoms with Crippen LogP contribution in [0.5, 0.6) is 11.5 Å². The Hall–Kier alpha value is -1.18. The Labute approximate surface area is 141 Å². The molecule has 2 unspecified atom stereocenters. The average Bonchev–Trinajstić information content (AvgIpc) is 2.90. The predicted octanol–water partition coefficient (Wildman–Crippen LogP) is 1.65. The van der Waals surface area contributed by atoms with Gasteiger partial charge in [-0.25, -0.2) is 8.42 Å². The third kappa shape index (κ3) is 4.65. The Morgan fingerprint density at radius 1 is 1.39 bits per heavy atom. The molecule has 5 nitrogen and oxygen atoms in total. The Bertz CT molecular complexity index is 673. The number of hydrogen-bond donors (Lipinski definition) is 1. The van der Waals surface area contributed by atoms with Crippen LogP contribution in [0.25, 0.3) is 0 Å². The summed E-state index contributed by atoms with van der Waals surface area (Å²) < 4.78 is 34.7. The molecule has 7 heteroatoms. The van der Waals surface area contributed by atoms with Crippen molar-refractivity contribution in [2.45, 2.75) is 18.1 Å². The van der Waals surface area contributed by atoms with Crippen LogP contribution >= 0.6 is 0 Å². The number of rotatable bonds is 7. The van der Waals surface area contributed by atoms with Gasteiger partial charge < -0.3 is 9.47 Å². The monoisotopic (exact) mass is 358 g/mol. The summed E-state index contributed by atoms with van der Waals surface area (Å²) in [6.07, 6.45) is 5.35. The number of nitrogens with two attached hydrogens (primary N) is 1. The van der Waals surface area contributed by atoms with Crippen LogP contribution < -0.4 is 14.6 Å². The Morgan fingerprint density at radius 2 is 2.13 bits per heavy atom. The fourth-order valence-electron chi connectivity index (χ4n) is 2.76. The van der Waals surface area contributed by atoms with Crippen LogP contribution in [0.4, 0.5) is 0 Å². The summed E-state index contributed by atoms with van der Waals surface area (Å²) in [5.41, 5.74) is 0.916. The van der Waals surface area contributed by atoms with E-state index in [0.717, 1.165) is 11.3 Å². The minimum absolute atomic E-state index is 0.0348. The molecular weight excluding hydrogens is 334 g/mol. The lowest BCUT2D eigenvalue weighted by Crippen LogP contribution is -2.34. The first-order valence-corrected chi connectivity index (χ1v) is 11.0. The van der Waals surface area contributed by atoms with Crippen molar-refractivity contribution in [3.63, 3.8) is 0 Å². The molecule has 0 bridgehead atoms. The minimum atomic E-state index is -3.13. The highest BCUT2D eigenvalue weighted by Gasteiger charge is 2.39. The SMILES string of the molecule is CCOc1cc(C(CS(C)(=O)=O)[C@H]2C=CC[S+]2N)ccc1OC. The van der Waals surface area contributed by atoms with Gasteiger partial charge in [-0.05, 0) is 36.8 Å². The van der Waals surface area contributed by atoms with E-state index in [2.05, 4.69) is 0 Å². The van der Waals surface area contributed by atoms with E-state index in [4.69, 9.17) is 14.6 Å². The van der Waals surface area contributed by atoms with Gasteiger partial charge in [0, 0.05) is 6.26 Å². The molecule has 1 aromatic carbocycles. The van der Waals surface area contributed by atoms with E-state index < -0.39 is 9.84 Å². The molecule has 1 aromatic rings. The Morgan fingerprint density at radius 3 is 2.65 bits per heavy atom. The molecule has 0 aliphatic carbocycles. The highest BCUT2D eigenvalue weighted by molar-refractivity contribution is 7.96. The largest absolute Gasteiger partial charge is 0.493 e. The molecule has 1 aliphatic rings. The number of methoxy groups -OCH3 is 1. The molecule has 3 atom stereocenters. The van der Waals surface area contributed by atoms with E-state index in [0.29, 0.717) is 18.1 Å². The van der Waals surface area contributed by atoms with Crippen molar-refractivity contribution in [2.75, 3.05) is 31.5 Å². The summed E-state index contributed by atoms with van der Waals surface area (Å²) in [6, 6.07) is 5.60. The summed E-state index contributed by atoms with van der Waals surface area (Å²) in [6.45, 7) is 2.41. The predicted molar refractivity (Wildman–Crippen MR) is 96.0 cm³/mol. The van der Waals surface area contributed by atoms with Crippen molar-refractivity contribution in [1.82, 2.24) is 0 Å². The second kappa shape index (κ2) is 7.59. The zero-order valence-electron chi connectivity index (χ0n) is 13.7. The number of hydrogen-bond acceptors (Lipinski definition) is 5. The van der Waals surface area contributed by atoms with E-state index in [1.807, 2.05) is 37.3 Å². The lowest BCUT2D eigenvalue weighted by atomic mass is 9.96. The molecule has 0 spiro atoms. The van der Waals surface area contributed by atoms with Crippen LogP contribution in [0.15, 0.2) is 30.4 Å². The standard InChI is InChI=1S/C16H24NO4S2/c1-4-21-15-10-12(7-8-14(15)20-2)13(11-23(3,18)19)16-6-5-9-22(16)17/h5-8,10,13,16H,4,9,11,17H2,1-3H3/q+1/t13?,16-,22?/m1/s1. The van der Waals surface area contributed by atoms with Gasteiger partial charge in [-0.15, -0.1) is 0 Å². The molecule has 0 fully saturated rings. The smallest absolute Gasteiger partial charge is 0.163 e. The van der Waals surface area contributed by atoms with Gasteiger partial charge in [-0.1, -0.05) is 6.07 Å². The van der Waals surface area contributed by atoms with Crippen molar-refractivity contribution >= 4 is 20.9 Å². The summed E-state index contributed by atoms with van der Waals surface area (Å²) >= 11 is -0.341. The Balaban J connectivity index is 2.42. The minimum Gasteiger partial charge on any atom is -0.493 e. The van der Waals surface area contributed by atoms with Crippen LogP contribution in [0, 0.1) is 0 Å². The molecule has 23 heavy (non-hydrogen) atoms. The highest BCUT2D eigenvalue weighted by Crippen LogP contribution is 2.35. The van der Waals surface area contributed by atoms with E-state index in [1.54, 1.807) is 7.11 Å². The second-order valence-corrected chi connectivity index (χ2v) is 9.57. The lowest BCUT2D eigenvalue weighted by Gasteiger charge is -2.21. The van der Waals surface area contributed by atoms with Crippen molar-refractivity contribution in [2.24, 2.45) is 5.14 Å². The van der Waals surface area contributed by atoms with E-state index >= 15 is 0 Å². The molecule has 1 heterocycles. The number of benzene rings is 1. The first-order chi connectivity index (χ1) is 10.9. The number of sulfone groups is 1. The van der Waals surface area contributed by atoms with Crippen molar-refractivity contribution in [3.8, 4) is 11.5 Å². The normalized spacial score (nSPS) is 22.1. The van der Waals surface area contributed by atoms with E-state index in [9.17, 15) is 8.42 Å². The maximum Gasteiger partial charge on any atom is 0.163 e. The van der Waals surface area contributed by atoms with Gasteiger partial charge in [0.05, 0.1) is 36.5 Å². The van der Waals surface area contributed by atoms with Crippen LogP contribution in [-0.4, -0.2) is 45.1 Å². The van der Waals surface area contributed by atoms with Crippen LogP contribution in [-0.2, 0) is 20.9 Å². The average molecular weight is 359 g/mol. The highest BCUT2D eigenvalue weighted by atomic mass is 32.2. The van der Waals surface area contributed by atoms with E-state index in [-0.39, 0.29) is 28.0 Å². The maximum absolute atomic E-state index is 11.9. The molecule has 2 N–H and O–H groups in total. The van der Waals surface area contributed by atoms with Gasteiger partial charge in [0.15, 0.2) is 16.7 Å². The van der Waals surface area contributed by atoms with Crippen molar-refractivity contribution in [1.29, 1.82) is 0 Å². The van der Waals surface area contributed by atoms with Crippen LogP contribution in [0.3, 0.4) is 0 Å². The second-order valence-electron chi connectivity index (χ2n) is 5.57. The molecule has 0 amide bonds. The third-order valence-corrected chi connectivity index (χ3v) is 6.49. The van der Waals surface area contributed by atoms with Gasteiger partial charge >= 0.3 is 0 Å². The molecular formula is C16H24NO4S2+. The molecule has 0 saturated heterocycles. The van der Waals surface area contributed by atoms with Crippen LogP contribution in [0.1, 0.15) is 18.4 Å². The summed E-state index contributed by atoms with van der Waals surface area (Å²) in [4.78, 5) is 0. The Kier molecular flexibility index (Phi) is 6.00. The molecule has 0 radical (unpaired) electrons. The van der Waals surface area contributed by atoms with Gasteiger partial charge in [-0.2, -0.15) is 5.14 Å². The van der Waals surface area contributed by atoms with Crippen molar-refractivity contribution in [3.05, 3.63) is 35.9 Å². The zero-order valence-corrected chi connectivity index (χ0v) is 15.3. The van der Waals surface area contributed by atoms with Crippen molar-refractivity contribution < 1.29 is 17.9 Å². The van der Waals surface area contributed by atoms with Gasteiger partial charge in [0.2, 0.25) is 0 Å². The molecule has 2 rings (SSSR count). The quantitative estimate of drug-likeness (QED) is 0.592. The third-order valence-electron chi connectivity index (χ3n) is 3.76. The van der Waals surface area contributed by atoms with Gasteiger partial charge in [-0.3, -0.25) is 0 Å². The molecule has 0 saturated carbocycles. The van der Waals surface area contributed by atoms with Crippen LogP contribution in [0.2, 0.25) is 0 Å². The summed E-state index contributed by atoms with van der Waals surface area (Å²) in [5, 5.41) is 6.24. The zero-order chi connectivity index (χ0) is 17.0. The first-order valence-electron chi connectivity index (χ1n) is 7.45. The molecule has 1 aliphatic heterocycles. The lowest BCUT2D eigenvalue weighted by molar-refractivity contribution is 0.310. The fourth-order valence-corrected chi connectivity index (χ4v) is 5.47. The maximum atomic E-state index is 11.9. The first kappa shape index (κ1) is 18.2. The topological polar surface area (TPSA) is 78.6 Å². The summed E-state index contributed by atoms with van der Waals surface area (Å²) in [5.74, 6) is 1.97. The molecule has 0 aromatic heterocycles. The molecule has 128 valence electrons. The summed E-state index contributed by atoms with van der Waals surface area (Å²) in [7, 11) is -1.54. The number of ether oxygens (including phenoxy) is 2. The fraction of sp³-hybridized carbons (Fsp3) is 0.500. The van der Waals surface area contributed by atoms with Gasteiger partial charge in [0.25, 0.3) is 0 Å². The van der Waals surface area contributed by atoms with Gasteiger partial charge in [0.1, 0.15) is 15.6 Å².